The lowest BCUT2D eigenvalue weighted by Gasteiger charge is -2.71. The van der Waals surface area contributed by atoms with Crippen molar-refractivity contribution >= 4 is 0 Å². The van der Waals surface area contributed by atoms with Gasteiger partial charge in [-0.05, 0) is 109 Å². The molecule has 31 heavy (non-hydrogen) atoms. The van der Waals surface area contributed by atoms with E-state index in [4.69, 9.17) is 0 Å². The SMILES string of the molecule is CC(C)[C@H]1CC[C@@H]2[C@]1(C)CC[C@]1(C)[C@H]3CC=C4[C@@H](CC[C@H](O)C4(C)C)[C@]3(C)CC[C@@]21C. The Labute approximate surface area is 192 Å². The molecule has 4 saturated carbocycles. The fourth-order valence-corrected chi connectivity index (χ4v) is 11.2. The number of aliphatic hydroxyl groups is 1. The van der Waals surface area contributed by atoms with E-state index in [0.29, 0.717) is 27.6 Å². The lowest BCUT2D eigenvalue weighted by atomic mass is 9.33. The fourth-order valence-electron chi connectivity index (χ4n) is 11.2. The highest BCUT2D eigenvalue weighted by molar-refractivity contribution is 5.30. The summed E-state index contributed by atoms with van der Waals surface area (Å²) in [5.41, 5.74) is 3.49. The van der Waals surface area contributed by atoms with Crippen LogP contribution in [0, 0.1) is 56.7 Å². The van der Waals surface area contributed by atoms with Gasteiger partial charge < -0.3 is 5.11 Å². The molecular formula is C30H50O. The zero-order valence-corrected chi connectivity index (χ0v) is 21.9. The molecular weight excluding hydrogens is 376 g/mol. The van der Waals surface area contributed by atoms with Gasteiger partial charge in [0.05, 0.1) is 6.10 Å². The Kier molecular flexibility index (Phi) is 4.82. The lowest BCUT2D eigenvalue weighted by Crippen LogP contribution is -2.64. The molecule has 5 rings (SSSR count). The number of hydrogen-bond donors (Lipinski definition) is 1. The lowest BCUT2D eigenvalue weighted by molar-refractivity contribution is -0.214. The Morgan fingerprint density at radius 3 is 2.03 bits per heavy atom. The van der Waals surface area contributed by atoms with Crippen LogP contribution in [0.1, 0.15) is 113 Å². The Bertz CT molecular complexity index is 777. The first-order chi connectivity index (χ1) is 14.3. The third-order valence-corrected chi connectivity index (χ3v) is 13.3. The van der Waals surface area contributed by atoms with Gasteiger partial charge in [0.25, 0.3) is 0 Å². The summed E-state index contributed by atoms with van der Waals surface area (Å²) in [6.07, 6.45) is 14.6. The van der Waals surface area contributed by atoms with Crippen LogP contribution in [-0.4, -0.2) is 11.2 Å². The van der Waals surface area contributed by atoms with E-state index >= 15 is 0 Å². The van der Waals surface area contributed by atoms with Crippen molar-refractivity contribution in [2.24, 2.45) is 56.7 Å². The van der Waals surface area contributed by atoms with Gasteiger partial charge in [0.2, 0.25) is 0 Å². The molecule has 0 saturated heterocycles. The van der Waals surface area contributed by atoms with Gasteiger partial charge in [-0.2, -0.15) is 0 Å². The molecule has 0 unspecified atom stereocenters. The smallest absolute Gasteiger partial charge is 0.0628 e. The van der Waals surface area contributed by atoms with Gasteiger partial charge in [0.15, 0.2) is 0 Å². The maximum Gasteiger partial charge on any atom is 0.0628 e. The van der Waals surface area contributed by atoms with E-state index in [1.807, 2.05) is 0 Å². The third kappa shape index (κ3) is 2.60. The summed E-state index contributed by atoms with van der Waals surface area (Å²) in [6, 6.07) is 0. The van der Waals surface area contributed by atoms with Crippen molar-refractivity contribution in [1.82, 2.24) is 0 Å². The van der Waals surface area contributed by atoms with E-state index in [0.717, 1.165) is 30.1 Å². The molecule has 0 aromatic heterocycles. The van der Waals surface area contributed by atoms with Crippen molar-refractivity contribution in [3.63, 3.8) is 0 Å². The zero-order valence-electron chi connectivity index (χ0n) is 21.9. The molecule has 9 atom stereocenters. The normalized spacial score (nSPS) is 55.7. The van der Waals surface area contributed by atoms with Gasteiger partial charge in [-0.1, -0.05) is 67.0 Å². The summed E-state index contributed by atoms with van der Waals surface area (Å²) >= 11 is 0. The average Bonchev–Trinajstić information content (AvgIpc) is 3.05. The molecule has 0 aliphatic heterocycles. The monoisotopic (exact) mass is 426 g/mol. The van der Waals surface area contributed by atoms with Crippen molar-refractivity contribution < 1.29 is 5.11 Å². The first-order valence-corrected chi connectivity index (χ1v) is 13.7. The van der Waals surface area contributed by atoms with Crippen molar-refractivity contribution in [3.8, 4) is 0 Å². The first kappa shape index (κ1) is 22.5. The van der Waals surface area contributed by atoms with E-state index in [-0.39, 0.29) is 11.5 Å². The molecule has 0 amide bonds. The fraction of sp³-hybridized carbons (Fsp3) is 0.933. The molecule has 1 nitrogen and oxygen atoms in total. The summed E-state index contributed by atoms with van der Waals surface area (Å²) in [5.74, 6) is 4.15. The second-order valence-corrected chi connectivity index (χ2v) is 14.6. The Morgan fingerprint density at radius 1 is 0.774 bits per heavy atom. The van der Waals surface area contributed by atoms with E-state index in [1.165, 1.54) is 51.4 Å². The molecule has 0 heterocycles. The standard InChI is InChI=1S/C30H50O/c1-19(2)20-9-12-23-27(20,5)15-17-30(8)24-13-10-21-22(11-14-25(31)26(21,3)4)28(24,6)16-18-29(23,30)7/h10,19-20,22-25,31H,9,11-18H2,1-8H3/t20-,22-,23-,24+,25+,27-,28+,29+,30-/m1/s1. The molecule has 0 radical (unpaired) electrons. The number of fused-ring (bicyclic) bond motifs is 7. The highest BCUT2D eigenvalue weighted by Gasteiger charge is 2.70. The molecule has 0 aromatic rings. The van der Waals surface area contributed by atoms with Gasteiger partial charge in [-0.15, -0.1) is 0 Å². The third-order valence-electron chi connectivity index (χ3n) is 13.3. The van der Waals surface area contributed by atoms with E-state index in [2.05, 4.69) is 61.5 Å². The Hall–Kier alpha value is -0.300. The van der Waals surface area contributed by atoms with Crippen LogP contribution >= 0.6 is 0 Å². The zero-order chi connectivity index (χ0) is 22.6. The van der Waals surface area contributed by atoms with Crippen molar-refractivity contribution in [2.75, 3.05) is 0 Å². The minimum absolute atomic E-state index is 0.0420. The van der Waals surface area contributed by atoms with Crippen molar-refractivity contribution in [2.45, 2.75) is 119 Å². The number of aliphatic hydroxyl groups excluding tert-OH is 1. The predicted octanol–water partition coefficient (Wildman–Crippen LogP) is 8.02. The number of allylic oxidation sites excluding steroid dienone is 1. The van der Waals surface area contributed by atoms with Crippen molar-refractivity contribution in [1.29, 1.82) is 0 Å². The van der Waals surface area contributed by atoms with Gasteiger partial charge >= 0.3 is 0 Å². The summed E-state index contributed by atoms with van der Waals surface area (Å²) in [6.45, 7) is 20.4. The van der Waals surface area contributed by atoms with Crippen LogP contribution in [0.2, 0.25) is 0 Å². The molecule has 176 valence electrons. The van der Waals surface area contributed by atoms with Crippen LogP contribution in [0.15, 0.2) is 11.6 Å². The van der Waals surface area contributed by atoms with Gasteiger partial charge in [0, 0.05) is 5.41 Å². The highest BCUT2D eigenvalue weighted by Crippen LogP contribution is 2.77. The maximum absolute atomic E-state index is 10.8. The summed E-state index contributed by atoms with van der Waals surface area (Å²) in [5, 5.41) is 10.8. The number of rotatable bonds is 1. The molecule has 5 aliphatic carbocycles. The molecule has 5 aliphatic rings. The van der Waals surface area contributed by atoms with Crippen LogP contribution in [0.3, 0.4) is 0 Å². The number of hydrogen-bond acceptors (Lipinski definition) is 1. The minimum Gasteiger partial charge on any atom is -0.392 e. The average molecular weight is 427 g/mol. The van der Waals surface area contributed by atoms with E-state index in [9.17, 15) is 5.11 Å². The summed E-state index contributed by atoms with van der Waals surface area (Å²) in [4.78, 5) is 0. The molecule has 4 fully saturated rings. The highest BCUT2D eigenvalue weighted by atomic mass is 16.3. The first-order valence-electron chi connectivity index (χ1n) is 13.7. The maximum atomic E-state index is 10.8. The summed E-state index contributed by atoms with van der Waals surface area (Å²) < 4.78 is 0. The Balaban J connectivity index is 1.55. The van der Waals surface area contributed by atoms with Crippen LogP contribution in [0.4, 0.5) is 0 Å². The van der Waals surface area contributed by atoms with E-state index < -0.39 is 0 Å². The van der Waals surface area contributed by atoms with Crippen LogP contribution in [0.5, 0.6) is 0 Å². The van der Waals surface area contributed by atoms with Gasteiger partial charge in [0.1, 0.15) is 0 Å². The van der Waals surface area contributed by atoms with Crippen molar-refractivity contribution in [3.05, 3.63) is 11.6 Å². The molecule has 0 bridgehead atoms. The second kappa shape index (κ2) is 6.64. The molecule has 1 N–H and O–H groups in total. The minimum atomic E-state index is -0.165. The molecule has 0 aromatic carbocycles. The van der Waals surface area contributed by atoms with Crippen LogP contribution in [-0.2, 0) is 0 Å². The van der Waals surface area contributed by atoms with Crippen LogP contribution < -0.4 is 0 Å². The summed E-state index contributed by atoms with van der Waals surface area (Å²) in [7, 11) is 0. The van der Waals surface area contributed by atoms with Gasteiger partial charge in [-0.25, -0.2) is 0 Å². The van der Waals surface area contributed by atoms with Crippen LogP contribution in [0.25, 0.3) is 0 Å². The molecule has 0 spiro atoms. The largest absolute Gasteiger partial charge is 0.392 e. The topological polar surface area (TPSA) is 20.2 Å². The molecule has 1 heteroatoms. The Morgan fingerprint density at radius 2 is 1.39 bits per heavy atom. The van der Waals surface area contributed by atoms with Gasteiger partial charge in [-0.3, -0.25) is 0 Å². The van der Waals surface area contributed by atoms with E-state index in [1.54, 1.807) is 5.57 Å². The predicted molar refractivity (Wildman–Crippen MR) is 131 cm³/mol. The second-order valence-electron chi connectivity index (χ2n) is 14.6. The quantitative estimate of drug-likeness (QED) is 0.421.